The molecule has 4 aromatic rings. The number of aromatic nitrogens is 2. The molecule has 0 bridgehead atoms. The molecule has 0 aliphatic carbocycles. The molecule has 1 aliphatic heterocycles. The Bertz CT molecular complexity index is 1770. The number of carbonyl (C=O) groups excluding carboxylic acids is 2. The number of primary amides is 1. The van der Waals surface area contributed by atoms with Crippen LogP contribution in [0.4, 0.5) is 16.4 Å². The molecule has 44 heavy (non-hydrogen) atoms. The Morgan fingerprint density at radius 3 is 2.32 bits per heavy atom. The predicted molar refractivity (Wildman–Crippen MR) is 161 cm³/mol. The van der Waals surface area contributed by atoms with Gasteiger partial charge in [-0.05, 0) is 66.9 Å². The normalized spacial score (nSPS) is 12.7. The van der Waals surface area contributed by atoms with Gasteiger partial charge in [0.25, 0.3) is 5.91 Å². The van der Waals surface area contributed by atoms with Crippen molar-refractivity contribution >= 4 is 23.6 Å². The van der Waals surface area contributed by atoms with Gasteiger partial charge in [-0.3, -0.25) is 4.79 Å². The fourth-order valence-electron chi connectivity index (χ4n) is 5.09. The second-order valence-electron chi connectivity index (χ2n) is 10.4. The van der Waals surface area contributed by atoms with Crippen molar-refractivity contribution in [2.24, 2.45) is 5.73 Å². The van der Waals surface area contributed by atoms with Gasteiger partial charge < -0.3 is 25.4 Å². The fraction of sp³-hybridized carbons (Fsp3) is 0.212. The molecule has 5 rings (SSSR count). The Balaban J connectivity index is 1.49. The largest absolute Gasteiger partial charge is 0.438 e. The predicted octanol–water partition coefficient (Wildman–Crippen LogP) is 4.96. The lowest BCUT2D eigenvalue weighted by Gasteiger charge is -2.32. The number of fused-ring (bicyclic) bond motifs is 1. The first-order valence-electron chi connectivity index (χ1n) is 13.9. The molecule has 1 aromatic heterocycles. The number of amides is 2. The van der Waals surface area contributed by atoms with E-state index < -0.39 is 18.1 Å². The second kappa shape index (κ2) is 12.9. The Hall–Kier alpha value is -5.94. The first-order chi connectivity index (χ1) is 21.2. The molecule has 2 amide bonds. The number of nitrogens with zero attached hydrogens (tertiary/aromatic N) is 5. The molecule has 220 valence electrons. The van der Waals surface area contributed by atoms with Crippen molar-refractivity contribution in [1.82, 2.24) is 14.9 Å². The third-order valence-corrected chi connectivity index (χ3v) is 7.19. The lowest BCUT2D eigenvalue weighted by molar-refractivity contribution is -0.141. The summed E-state index contributed by atoms with van der Waals surface area (Å²) in [5.41, 5.74) is 10.7. The van der Waals surface area contributed by atoms with Gasteiger partial charge in [0.15, 0.2) is 6.10 Å². The number of nitrogens with two attached hydrogens (primary N) is 1. The molecule has 11 nitrogen and oxygen atoms in total. The number of hydrogen-bond acceptors (Lipinski definition) is 9. The lowest BCUT2D eigenvalue weighted by Crippen LogP contribution is -2.45. The van der Waals surface area contributed by atoms with Crippen LogP contribution in [0.15, 0.2) is 66.7 Å². The summed E-state index contributed by atoms with van der Waals surface area (Å²) in [5, 5.41) is 21.7. The first-order valence-corrected chi connectivity index (χ1v) is 13.9. The molecule has 1 aliphatic rings. The van der Waals surface area contributed by atoms with E-state index in [0.29, 0.717) is 46.8 Å². The maximum Gasteiger partial charge on any atom is 0.405 e. The van der Waals surface area contributed by atoms with Crippen molar-refractivity contribution < 1.29 is 19.1 Å². The molecule has 11 heteroatoms. The average molecular weight is 588 g/mol. The Kier molecular flexibility index (Phi) is 8.68. The summed E-state index contributed by atoms with van der Waals surface area (Å²) in [6, 6.07) is 23.8. The molecule has 0 fully saturated rings. The number of nitriles is 2. The van der Waals surface area contributed by atoms with Crippen LogP contribution in [0.25, 0.3) is 0 Å². The fourth-order valence-corrected chi connectivity index (χ4v) is 5.09. The van der Waals surface area contributed by atoms with Gasteiger partial charge in [-0.2, -0.15) is 15.5 Å². The summed E-state index contributed by atoms with van der Waals surface area (Å²) in [6.07, 6.45) is -1.58. The molecule has 2 heterocycles. The third kappa shape index (κ3) is 6.75. The number of nitrogens with one attached hydrogen (secondary N) is 1. The monoisotopic (exact) mass is 587 g/mol. The van der Waals surface area contributed by atoms with Gasteiger partial charge in [0.05, 0.1) is 41.1 Å². The maximum absolute atomic E-state index is 13.7. The van der Waals surface area contributed by atoms with E-state index in [4.69, 9.17) is 25.5 Å². The minimum absolute atomic E-state index is 0.114. The summed E-state index contributed by atoms with van der Waals surface area (Å²) < 4.78 is 11.7. The molecule has 0 spiro atoms. The molecule has 3 aromatic carbocycles. The van der Waals surface area contributed by atoms with Crippen molar-refractivity contribution in [3.8, 4) is 23.8 Å². The van der Waals surface area contributed by atoms with E-state index in [-0.39, 0.29) is 24.8 Å². The van der Waals surface area contributed by atoms with Crippen LogP contribution in [0.2, 0.25) is 0 Å². The van der Waals surface area contributed by atoms with Crippen LogP contribution in [-0.4, -0.2) is 39.5 Å². The van der Waals surface area contributed by atoms with Crippen molar-refractivity contribution in [3.05, 3.63) is 106 Å². The highest BCUT2D eigenvalue weighted by Crippen LogP contribution is 2.35. The Labute approximate surface area is 254 Å². The summed E-state index contributed by atoms with van der Waals surface area (Å²) >= 11 is 0. The standard InChI is InChI=1S/C33H29N7O4/c1-20-14-24(18-35)15-21(2)29(20)44-30-26-19-40(31(41)28(43-32(36)42)16-22-6-4-3-5-7-22)13-12-27(26)38-33(39-30)37-25-10-8-23(17-34)9-11-25/h3-11,14-15,28H,12-13,16,19H2,1-2H3,(H2,36,42)(H,37,38,39)/t28-/m0/s1. The zero-order chi connectivity index (χ0) is 31.2. The number of ether oxygens (including phenoxy) is 2. The Morgan fingerprint density at radius 2 is 1.68 bits per heavy atom. The van der Waals surface area contributed by atoms with Crippen molar-refractivity contribution in [2.75, 3.05) is 11.9 Å². The number of aryl methyl sites for hydroxylation is 2. The van der Waals surface area contributed by atoms with Crippen LogP contribution in [0.3, 0.4) is 0 Å². The molecule has 0 radical (unpaired) electrons. The van der Waals surface area contributed by atoms with Gasteiger partial charge >= 0.3 is 6.09 Å². The van der Waals surface area contributed by atoms with E-state index in [1.54, 1.807) is 41.3 Å². The number of benzene rings is 3. The van der Waals surface area contributed by atoms with E-state index in [1.807, 2.05) is 44.2 Å². The van der Waals surface area contributed by atoms with Gasteiger partial charge in [0.2, 0.25) is 11.8 Å². The van der Waals surface area contributed by atoms with Crippen LogP contribution in [0, 0.1) is 36.5 Å². The van der Waals surface area contributed by atoms with E-state index in [9.17, 15) is 14.9 Å². The van der Waals surface area contributed by atoms with Gasteiger partial charge in [0, 0.05) is 25.1 Å². The summed E-state index contributed by atoms with van der Waals surface area (Å²) in [7, 11) is 0. The second-order valence-corrected chi connectivity index (χ2v) is 10.4. The molecular weight excluding hydrogens is 558 g/mol. The highest BCUT2D eigenvalue weighted by molar-refractivity contribution is 5.84. The molecule has 0 saturated heterocycles. The van der Waals surface area contributed by atoms with Crippen molar-refractivity contribution in [1.29, 1.82) is 10.5 Å². The van der Waals surface area contributed by atoms with Crippen molar-refractivity contribution in [3.63, 3.8) is 0 Å². The Morgan fingerprint density at radius 1 is 1.00 bits per heavy atom. The minimum Gasteiger partial charge on any atom is -0.438 e. The lowest BCUT2D eigenvalue weighted by atomic mass is 10.0. The quantitative estimate of drug-likeness (QED) is 0.289. The number of carbonyl (C=O) groups is 2. The minimum atomic E-state index is -1.11. The van der Waals surface area contributed by atoms with Crippen molar-refractivity contribution in [2.45, 2.75) is 39.3 Å². The average Bonchev–Trinajstić information content (AvgIpc) is 3.02. The van der Waals surface area contributed by atoms with Crippen LogP contribution < -0.4 is 15.8 Å². The van der Waals surface area contributed by atoms with Crippen LogP contribution in [0.5, 0.6) is 11.6 Å². The van der Waals surface area contributed by atoms with Gasteiger partial charge in [-0.25, -0.2) is 9.78 Å². The van der Waals surface area contributed by atoms with Crippen LogP contribution in [0.1, 0.15) is 39.1 Å². The molecule has 0 saturated carbocycles. The molecular formula is C33H29N7O4. The number of rotatable bonds is 8. The summed E-state index contributed by atoms with van der Waals surface area (Å²) in [4.78, 5) is 36.4. The van der Waals surface area contributed by atoms with Gasteiger partial charge in [0.1, 0.15) is 5.75 Å². The van der Waals surface area contributed by atoms with E-state index in [0.717, 1.165) is 16.7 Å². The topological polar surface area (TPSA) is 167 Å². The highest BCUT2D eigenvalue weighted by Gasteiger charge is 2.33. The molecule has 3 N–H and O–H groups in total. The van der Waals surface area contributed by atoms with Crippen LogP contribution >= 0.6 is 0 Å². The third-order valence-electron chi connectivity index (χ3n) is 7.19. The zero-order valence-corrected chi connectivity index (χ0v) is 24.2. The van der Waals surface area contributed by atoms with Gasteiger partial charge in [-0.15, -0.1) is 0 Å². The number of hydrogen-bond donors (Lipinski definition) is 2. The highest BCUT2D eigenvalue weighted by atomic mass is 16.6. The zero-order valence-electron chi connectivity index (χ0n) is 24.2. The van der Waals surface area contributed by atoms with Gasteiger partial charge in [-0.1, -0.05) is 30.3 Å². The first kappa shape index (κ1) is 29.5. The smallest absolute Gasteiger partial charge is 0.405 e. The van der Waals surface area contributed by atoms with E-state index in [1.165, 1.54) is 0 Å². The molecule has 0 unspecified atom stereocenters. The number of anilines is 2. The molecule has 1 atom stereocenters. The summed E-state index contributed by atoms with van der Waals surface area (Å²) in [5.74, 6) is 0.674. The van der Waals surface area contributed by atoms with E-state index >= 15 is 0 Å². The van der Waals surface area contributed by atoms with Crippen LogP contribution in [-0.2, 0) is 28.9 Å². The SMILES string of the molecule is Cc1cc(C#N)cc(C)c1Oc1nc(Nc2ccc(C#N)cc2)nc2c1CN(C(=O)[C@H](Cc1ccccc1)OC(N)=O)CC2. The van der Waals surface area contributed by atoms with E-state index in [2.05, 4.69) is 22.4 Å². The summed E-state index contributed by atoms with van der Waals surface area (Å²) in [6.45, 7) is 4.12. The maximum atomic E-state index is 13.7.